The molecule has 0 spiro atoms. The molecule has 15 heavy (non-hydrogen) atoms. The molecule has 0 nitrogen and oxygen atoms in total. The molecule has 3 heteroatoms. The van der Waals surface area contributed by atoms with Gasteiger partial charge in [-0.1, -0.05) is 41.5 Å². The SMILES string of the molecule is CCC(C)(C(C(C)C)C(C)C)C(F)(F)F. The first-order chi connectivity index (χ1) is 6.58. The quantitative estimate of drug-likeness (QED) is 0.637. The lowest BCUT2D eigenvalue weighted by molar-refractivity contribution is -0.248. The summed E-state index contributed by atoms with van der Waals surface area (Å²) < 4.78 is 39.2. The van der Waals surface area contributed by atoms with Gasteiger partial charge in [-0.3, -0.25) is 0 Å². The highest BCUT2D eigenvalue weighted by atomic mass is 19.4. The summed E-state index contributed by atoms with van der Waals surface area (Å²) in [4.78, 5) is 0. The molecular weight excluding hydrogens is 201 g/mol. The van der Waals surface area contributed by atoms with E-state index in [1.807, 2.05) is 27.7 Å². The van der Waals surface area contributed by atoms with Crippen LogP contribution >= 0.6 is 0 Å². The summed E-state index contributed by atoms with van der Waals surface area (Å²) in [5.41, 5.74) is -1.56. The first-order valence-corrected chi connectivity index (χ1v) is 5.64. The van der Waals surface area contributed by atoms with Gasteiger partial charge >= 0.3 is 6.18 Å². The molecule has 0 rings (SSSR count). The zero-order valence-corrected chi connectivity index (χ0v) is 10.6. The van der Waals surface area contributed by atoms with E-state index in [4.69, 9.17) is 0 Å². The molecule has 0 heterocycles. The normalized spacial score (nSPS) is 17.6. The summed E-state index contributed by atoms with van der Waals surface area (Å²) in [6.45, 7) is 10.5. The van der Waals surface area contributed by atoms with Crippen LogP contribution in [0.5, 0.6) is 0 Å². The van der Waals surface area contributed by atoms with E-state index in [-0.39, 0.29) is 24.2 Å². The third-order valence-corrected chi connectivity index (χ3v) is 3.55. The van der Waals surface area contributed by atoms with Crippen molar-refractivity contribution in [3.63, 3.8) is 0 Å². The molecule has 0 radical (unpaired) electrons. The zero-order valence-electron chi connectivity index (χ0n) is 10.6. The Labute approximate surface area is 91.3 Å². The average Bonchev–Trinajstić information content (AvgIpc) is 2.00. The predicted molar refractivity (Wildman–Crippen MR) is 57.6 cm³/mol. The second-order valence-corrected chi connectivity index (χ2v) is 5.28. The number of hydrogen-bond acceptors (Lipinski definition) is 0. The third kappa shape index (κ3) is 2.88. The molecule has 0 N–H and O–H groups in total. The Morgan fingerprint density at radius 2 is 1.27 bits per heavy atom. The van der Waals surface area contributed by atoms with Gasteiger partial charge in [0.2, 0.25) is 0 Å². The van der Waals surface area contributed by atoms with Crippen LogP contribution in [-0.4, -0.2) is 6.18 Å². The summed E-state index contributed by atoms with van der Waals surface area (Å²) in [6.07, 6.45) is -3.96. The van der Waals surface area contributed by atoms with Crippen molar-refractivity contribution in [2.75, 3.05) is 0 Å². The Balaban J connectivity index is 5.23. The van der Waals surface area contributed by atoms with Gasteiger partial charge < -0.3 is 0 Å². The van der Waals surface area contributed by atoms with Gasteiger partial charge in [0.25, 0.3) is 0 Å². The molecule has 0 aromatic rings. The van der Waals surface area contributed by atoms with E-state index in [9.17, 15) is 13.2 Å². The van der Waals surface area contributed by atoms with Gasteiger partial charge in [-0.25, -0.2) is 0 Å². The van der Waals surface area contributed by atoms with E-state index in [0.717, 1.165) is 0 Å². The number of hydrogen-bond donors (Lipinski definition) is 0. The van der Waals surface area contributed by atoms with E-state index in [1.165, 1.54) is 6.92 Å². The standard InChI is InChI=1S/C12H23F3/c1-7-11(6,12(13,14)15)10(8(2)3)9(4)5/h8-10H,7H2,1-6H3. The van der Waals surface area contributed by atoms with Crippen LogP contribution in [-0.2, 0) is 0 Å². The van der Waals surface area contributed by atoms with Crippen molar-refractivity contribution in [1.82, 2.24) is 0 Å². The number of halogens is 3. The van der Waals surface area contributed by atoms with E-state index in [1.54, 1.807) is 6.92 Å². The highest BCUT2D eigenvalue weighted by Gasteiger charge is 2.55. The van der Waals surface area contributed by atoms with Gasteiger partial charge in [0.15, 0.2) is 0 Å². The lowest BCUT2D eigenvalue weighted by Gasteiger charge is -2.43. The molecule has 1 atom stereocenters. The third-order valence-electron chi connectivity index (χ3n) is 3.55. The molecule has 0 aromatic heterocycles. The fourth-order valence-electron chi connectivity index (χ4n) is 2.87. The van der Waals surface area contributed by atoms with Crippen LogP contribution in [0.3, 0.4) is 0 Å². The average molecular weight is 224 g/mol. The van der Waals surface area contributed by atoms with Crippen molar-refractivity contribution in [2.24, 2.45) is 23.2 Å². The van der Waals surface area contributed by atoms with Crippen LogP contribution in [0.2, 0.25) is 0 Å². The minimum absolute atomic E-state index is 0.0524. The largest absolute Gasteiger partial charge is 0.394 e. The topological polar surface area (TPSA) is 0 Å². The minimum atomic E-state index is -4.11. The van der Waals surface area contributed by atoms with Gasteiger partial charge in [-0.15, -0.1) is 0 Å². The first kappa shape index (κ1) is 14.8. The first-order valence-electron chi connectivity index (χ1n) is 5.64. The number of alkyl halides is 3. The van der Waals surface area contributed by atoms with E-state index >= 15 is 0 Å². The van der Waals surface area contributed by atoms with Crippen molar-refractivity contribution >= 4 is 0 Å². The van der Waals surface area contributed by atoms with Crippen molar-refractivity contribution in [1.29, 1.82) is 0 Å². The summed E-state index contributed by atoms with van der Waals surface area (Å²) >= 11 is 0. The molecular formula is C12H23F3. The molecule has 0 aliphatic rings. The second kappa shape index (κ2) is 4.75. The lowest BCUT2D eigenvalue weighted by atomic mass is 9.64. The highest BCUT2D eigenvalue weighted by Crippen LogP contribution is 2.51. The zero-order chi connectivity index (χ0) is 12.4. The highest BCUT2D eigenvalue weighted by molar-refractivity contribution is 4.90. The van der Waals surface area contributed by atoms with Crippen molar-refractivity contribution in [3.8, 4) is 0 Å². The Morgan fingerprint density at radius 1 is 0.933 bits per heavy atom. The summed E-state index contributed by atoms with van der Waals surface area (Å²) in [6, 6.07) is 0. The Hall–Kier alpha value is -0.210. The molecule has 0 fully saturated rings. The summed E-state index contributed by atoms with van der Waals surface area (Å²) in [7, 11) is 0. The fourth-order valence-corrected chi connectivity index (χ4v) is 2.87. The van der Waals surface area contributed by atoms with Crippen LogP contribution < -0.4 is 0 Å². The van der Waals surface area contributed by atoms with Crippen LogP contribution in [0.4, 0.5) is 13.2 Å². The predicted octanol–water partition coefficient (Wildman–Crippen LogP) is 4.89. The molecule has 1 unspecified atom stereocenters. The molecule has 0 saturated heterocycles. The van der Waals surface area contributed by atoms with Gasteiger partial charge in [0, 0.05) is 0 Å². The molecule has 0 aliphatic carbocycles. The Morgan fingerprint density at radius 3 is 1.33 bits per heavy atom. The van der Waals surface area contributed by atoms with Gasteiger partial charge in [-0.2, -0.15) is 13.2 Å². The molecule has 0 saturated carbocycles. The van der Waals surface area contributed by atoms with Crippen molar-refractivity contribution in [2.45, 2.75) is 54.1 Å². The molecule has 0 amide bonds. The summed E-state index contributed by atoms with van der Waals surface area (Å²) in [5.74, 6) is -0.212. The smallest absolute Gasteiger partial charge is 0.171 e. The van der Waals surface area contributed by atoms with E-state index < -0.39 is 11.6 Å². The van der Waals surface area contributed by atoms with Gasteiger partial charge in [0.1, 0.15) is 0 Å². The molecule has 92 valence electrons. The van der Waals surface area contributed by atoms with Gasteiger partial charge in [-0.05, 0) is 24.2 Å². The fraction of sp³-hybridized carbons (Fsp3) is 1.00. The molecule has 0 aromatic carbocycles. The molecule has 0 aliphatic heterocycles. The van der Waals surface area contributed by atoms with Gasteiger partial charge in [0.05, 0.1) is 5.41 Å². The maximum Gasteiger partial charge on any atom is 0.394 e. The number of rotatable bonds is 4. The van der Waals surface area contributed by atoms with Crippen LogP contribution in [0.25, 0.3) is 0 Å². The maximum atomic E-state index is 13.1. The lowest BCUT2D eigenvalue weighted by Crippen LogP contribution is -2.45. The Kier molecular flexibility index (Phi) is 4.68. The van der Waals surface area contributed by atoms with Crippen LogP contribution in [0.15, 0.2) is 0 Å². The van der Waals surface area contributed by atoms with E-state index in [0.29, 0.717) is 0 Å². The molecule has 0 bridgehead atoms. The van der Waals surface area contributed by atoms with E-state index in [2.05, 4.69) is 0 Å². The van der Waals surface area contributed by atoms with Crippen molar-refractivity contribution in [3.05, 3.63) is 0 Å². The monoisotopic (exact) mass is 224 g/mol. The van der Waals surface area contributed by atoms with Crippen LogP contribution in [0.1, 0.15) is 48.0 Å². The maximum absolute atomic E-state index is 13.1. The summed E-state index contributed by atoms with van der Waals surface area (Å²) in [5, 5.41) is 0. The van der Waals surface area contributed by atoms with Crippen LogP contribution in [0, 0.1) is 23.2 Å². The second-order valence-electron chi connectivity index (χ2n) is 5.28. The Bertz CT molecular complexity index is 186. The minimum Gasteiger partial charge on any atom is -0.171 e. The van der Waals surface area contributed by atoms with Crippen molar-refractivity contribution < 1.29 is 13.2 Å².